The maximum Gasteiger partial charge on any atom is 0.0827 e. The van der Waals surface area contributed by atoms with Crippen LogP contribution in [0.3, 0.4) is 0 Å². The van der Waals surface area contributed by atoms with E-state index in [9.17, 15) is 0 Å². The second-order valence-corrected chi connectivity index (χ2v) is 7.27. The highest BCUT2D eigenvalue weighted by Gasteiger charge is 2.48. The van der Waals surface area contributed by atoms with Crippen molar-refractivity contribution in [3.05, 3.63) is 11.4 Å². The van der Waals surface area contributed by atoms with Crippen LogP contribution in [-0.4, -0.2) is 15.8 Å². The number of anilines is 1. The largest absolute Gasteiger partial charge is 0.379 e. The summed E-state index contributed by atoms with van der Waals surface area (Å²) < 4.78 is 2.01. The minimum atomic E-state index is 0.717. The number of hydrogen-bond donors (Lipinski definition) is 1. The maximum absolute atomic E-state index is 4.55. The predicted octanol–water partition coefficient (Wildman–Crippen LogP) is 3.27. The molecule has 1 N–H and O–H groups in total. The molecule has 4 aliphatic carbocycles. The number of aryl methyl sites for hydroxylation is 2. The second kappa shape index (κ2) is 4.00. The highest BCUT2D eigenvalue weighted by molar-refractivity contribution is 5.53. The van der Waals surface area contributed by atoms with Gasteiger partial charge in [-0.2, -0.15) is 5.10 Å². The van der Waals surface area contributed by atoms with Crippen molar-refractivity contribution >= 4 is 5.69 Å². The fourth-order valence-corrected chi connectivity index (χ4v) is 5.31. The molecule has 0 radical (unpaired) electrons. The number of hydrogen-bond acceptors (Lipinski definition) is 2. The standard InChI is InChI=1S/C16H25N3/c1-9-15(10(2)19(3)18-9)17-16-13-5-11-4-12(7-13)8-14(16)6-11/h11-14,16-17H,4-8H2,1-3H3. The van der Waals surface area contributed by atoms with E-state index in [1.54, 1.807) is 0 Å². The second-order valence-electron chi connectivity index (χ2n) is 7.27. The molecule has 104 valence electrons. The molecule has 4 saturated carbocycles. The zero-order valence-electron chi connectivity index (χ0n) is 12.3. The van der Waals surface area contributed by atoms with Crippen molar-refractivity contribution in [3.8, 4) is 0 Å². The van der Waals surface area contributed by atoms with E-state index in [2.05, 4.69) is 24.3 Å². The van der Waals surface area contributed by atoms with E-state index in [0.29, 0.717) is 0 Å². The number of nitrogens with one attached hydrogen (secondary N) is 1. The molecular formula is C16H25N3. The van der Waals surface area contributed by atoms with Crippen LogP contribution in [-0.2, 0) is 7.05 Å². The molecular weight excluding hydrogens is 234 g/mol. The smallest absolute Gasteiger partial charge is 0.0827 e. The molecule has 0 aliphatic heterocycles. The molecule has 3 heteroatoms. The zero-order chi connectivity index (χ0) is 13.1. The van der Waals surface area contributed by atoms with Crippen molar-refractivity contribution in [3.63, 3.8) is 0 Å². The maximum atomic E-state index is 4.55. The lowest BCUT2D eigenvalue weighted by molar-refractivity contribution is 0.00750. The number of nitrogens with zero attached hydrogens (tertiary/aromatic N) is 2. The quantitative estimate of drug-likeness (QED) is 0.883. The molecule has 4 aliphatic rings. The van der Waals surface area contributed by atoms with Gasteiger partial charge < -0.3 is 5.32 Å². The van der Waals surface area contributed by atoms with E-state index >= 15 is 0 Å². The topological polar surface area (TPSA) is 29.9 Å². The van der Waals surface area contributed by atoms with Crippen LogP contribution in [0.2, 0.25) is 0 Å². The zero-order valence-corrected chi connectivity index (χ0v) is 12.3. The molecule has 4 bridgehead atoms. The lowest BCUT2D eigenvalue weighted by atomic mass is 9.54. The van der Waals surface area contributed by atoms with Gasteiger partial charge >= 0.3 is 0 Å². The molecule has 0 saturated heterocycles. The van der Waals surface area contributed by atoms with Crippen LogP contribution in [0.15, 0.2) is 0 Å². The highest BCUT2D eigenvalue weighted by atomic mass is 15.3. The molecule has 1 heterocycles. The monoisotopic (exact) mass is 259 g/mol. The number of rotatable bonds is 2. The third-order valence-corrected chi connectivity index (χ3v) is 6.05. The molecule has 5 rings (SSSR count). The summed E-state index contributed by atoms with van der Waals surface area (Å²) in [6, 6.07) is 0.717. The molecule has 0 atom stereocenters. The molecule has 1 aromatic heterocycles. The summed E-state index contributed by atoms with van der Waals surface area (Å²) >= 11 is 0. The van der Waals surface area contributed by atoms with Gasteiger partial charge in [0.05, 0.1) is 17.1 Å². The van der Waals surface area contributed by atoms with Gasteiger partial charge in [0, 0.05) is 13.1 Å². The summed E-state index contributed by atoms with van der Waals surface area (Å²) in [5.74, 6) is 3.96. The summed E-state index contributed by atoms with van der Waals surface area (Å²) in [7, 11) is 2.05. The average molecular weight is 259 g/mol. The molecule has 0 spiro atoms. The molecule has 0 amide bonds. The Balaban J connectivity index is 1.60. The molecule has 0 unspecified atom stereocenters. The van der Waals surface area contributed by atoms with Gasteiger partial charge in [-0.25, -0.2) is 0 Å². The number of aromatic nitrogens is 2. The van der Waals surface area contributed by atoms with E-state index in [-0.39, 0.29) is 0 Å². The first kappa shape index (κ1) is 11.8. The lowest BCUT2D eigenvalue weighted by Gasteiger charge is -2.54. The van der Waals surface area contributed by atoms with Gasteiger partial charge in [-0.05, 0) is 69.6 Å². The van der Waals surface area contributed by atoms with Crippen LogP contribution >= 0.6 is 0 Å². The van der Waals surface area contributed by atoms with Crippen LogP contribution in [0.5, 0.6) is 0 Å². The highest BCUT2D eigenvalue weighted by Crippen LogP contribution is 2.54. The van der Waals surface area contributed by atoms with Gasteiger partial charge in [0.2, 0.25) is 0 Å². The Morgan fingerprint density at radius 1 is 1.00 bits per heavy atom. The van der Waals surface area contributed by atoms with Crippen molar-refractivity contribution in [1.82, 2.24) is 9.78 Å². The molecule has 4 fully saturated rings. The van der Waals surface area contributed by atoms with Gasteiger partial charge in [0.1, 0.15) is 0 Å². The normalized spacial score (nSPS) is 39.8. The fraction of sp³-hybridized carbons (Fsp3) is 0.812. The molecule has 3 nitrogen and oxygen atoms in total. The Labute approximate surface area is 115 Å². The molecule has 19 heavy (non-hydrogen) atoms. The summed E-state index contributed by atoms with van der Waals surface area (Å²) in [6.07, 6.45) is 7.43. The Morgan fingerprint density at radius 3 is 2.05 bits per heavy atom. The molecule has 0 aromatic carbocycles. The van der Waals surface area contributed by atoms with E-state index in [0.717, 1.165) is 35.4 Å². The van der Waals surface area contributed by atoms with Crippen molar-refractivity contribution in [2.45, 2.75) is 52.0 Å². The van der Waals surface area contributed by atoms with Crippen molar-refractivity contribution in [2.24, 2.45) is 30.7 Å². The van der Waals surface area contributed by atoms with E-state index in [1.807, 2.05) is 11.7 Å². The van der Waals surface area contributed by atoms with E-state index < -0.39 is 0 Å². The van der Waals surface area contributed by atoms with E-state index in [1.165, 1.54) is 43.5 Å². The average Bonchev–Trinajstić information content (AvgIpc) is 2.58. The van der Waals surface area contributed by atoms with Crippen LogP contribution in [0.25, 0.3) is 0 Å². The SMILES string of the molecule is Cc1nn(C)c(C)c1NC1C2CC3CC(C2)CC1C3. The summed E-state index contributed by atoms with van der Waals surface area (Å²) in [6.45, 7) is 4.31. The lowest BCUT2D eigenvalue weighted by Crippen LogP contribution is -2.51. The van der Waals surface area contributed by atoms with Gasteiger partial charge in [-0.3, -0.25) is 4.68 Å². The van der Waals surface area contributed by atoms with Crippen LogP contribution in [0.1, 0.15) is 43.5 Å². The van der Waals surface area contributed by atoms with Gasteiger partial charge in [-0.15, -0.1) is 0 Å². The first-order valence-corrected chi connectivity index (χ1v) is 7.88. The predicted molar refractivity (Wildman–Crippen MR) is 77.1 cm³/mol. The van der Waals surface area contributed by atoms with Crippen LogP contribution in [0, 0.1) is 37.5 Å². The minimum absolute atomic E-state index is 0.717. The van der Waals surface area contributed by atoms with Gasteiger partial charge in [-0.1, -0.05) is 0 Å². The van der Waals surface area contributed by atoms with Gasteiger partial charge in [0.25, 0.3) is 0 Å². The van der Waals surface area contributed by atoms with Gasteiger partial charge in [0.15, 0.2) is 0 Å². The van der Waals surface area contributed by atoms with Crippen molar-refractivity contribution in [2.75, 3.05) is 5.32 Å². The van der Waals surface area contributed by atoms with Crippen LogP contribution in [0.4, 0.5) is 5.69 Å². The third-order valence-electron chi connectivity index (χ3n) is 6.05. The summed E-state index contributed by atoms with van der Waals surface area (Å²) in [5, 5.41) is 8.45. The minimum Gasteiger partial charge on any atom is -0.379 e. The molecule has 1 aromatic rings. The Kier molecular flexibility index (Phi) is 2.49. The van der Waals surface area contributed by atoms with E-state index in [4.69, 9.17) is 0 Å². The fourth-order valence-electron chi connectivity index (χ4n) is 5.31. The van der Waals surface area contributed by atoms with Crippen molar-refractivity contribution in [1.29, 1.82) is 0 Å². The Morgan fingerprint density at radius 2 is 1.58 bits per heavy atom. The first-order chi connectivity index (χ1) is 9.11. The first-order valence-electron chi connectivity index (χ1n) is 7.88. The van der Waals surface area contributed by atoms with Crippen LogP contribution < -0.4 is 5.32 Å². The Hall–Kier alpha value is -0.990. The third kappa shape index (κ3) is 1.73. The van der Waals surface area contributed by atoms with Crippen molar-refractivity contribution < 1.29 is 0 Å². The Bertz CT molecular complexity index is 474. The summed E-state index contributed by atoms with van der Waals surface area (Å²) in [5.41, 5.74) is 3.75. The summed E-state index contributed by atoms with van der Waals surface area (Å²) in [4.78, 5) is 0.